The molecule has 26 heavy (non-hydrogen) atoms. The van der Waals surface area contributed by atoms with E-state index >= 15 is 0 Å². The van der Waals surface area contributed by atoms with Crippen LogP contribution in [0.1, 0.15) is 53.6 Å². The Balaban J connectivity index is 1.60. The molecule has 0 spiro atoms. The highest BCUT2D eigenvalue weighted by molar-refractivity contribution is 5.94. The van der Waals surface area contributed by atoms with Gasteiger partial charge < -0.3 is 10.6 Å². The number of anilines is 2. The van der Waals surface area contributed by atoms with Crippen LogP contribution in [0.15, 0.2) is 48.3 Å². The molecule has 1 aliphatic carbocycles. The lowest BCUT2D eigenvalue weighted by atomic mass is 9.97. The molecule has 1 aliphatic rings. The lowest BCUT2D eigenvalue weighted by Crippen LogP contribution is -2.25. The van der Waals surface area contributed by atoms with Crippen LogP contribution in [0.5, 0.6) is 0 Å². The standard InChI is InChI=1S/C22H27N3O/c1-16-7-6-10-21(17(16)2)25-20-13-19(14-23-15-20)22(26)24-12-11-18-8-4-3-5-9-18/h6-8,10,13-15,25H,3-5,9,11-12H2,1-2H3,(H,24,26). The van der Waals surface area contributed by atoms with Crippen molar-refractivity contribution in [1.82, 2.24) is 10.3 Å². The van der Waals surface area contributed by atoms with E-state index in [1.165, 1.54) is 42.4 Å². The quantitative estimate of drug-likeness (QED) is 0.717. The molecule has 0 radical (unpaired) electrons. The van der Waals surface area contributed by atoms with E-state index in [0.717, 1.165) is 17.8 Å². The molecule has 1 aromatic heterocycles. The monoisotopic (exact) mass is 349 g/mol. The van der Waals surface area contributed by atoms with Crippen molar-refractivity contribution in [1.29, 1.82) is 0 Å². The lowest BCUT2D eigenvalue weighted by Gasteiger charge is -2.14. The minimum absolute atomic E-state index is 0.0708. The number of carbonyl (C=O) groups excluding carboxylic acids is 1. The summed E-state index contributed by atoms with van der Waals surface area (Å²) in [4.78, 5) is 16.6. The van der Waals surface area contributed by atoms with Crippen molar-refractivity contribution in [3.8, 4) is 0 Å². The molecule has 0 bridgehead atoms. The SMILES string of the molecule is Cc1cccc(Nc2cncc(C(=O)NCCC3=CCCCC3)c2)c1C. The Morgan fingerprint density at radius 2 is 2.08 bits per heavy atom. The van der Waals surface area contributed by atoms with Gasteiger partial charge in [-0.25, -0.2) is 0 Å². The highest BCUT2D eigenvalue weighted by atomic mass is 16.1. The van der Waals surface area contributed by atoms with Gasteiger partial charge in [0.25, 0.3) is 5.91 Å². The van der Waals surface area contributed by atoms with Gasteiger partial charge in [0.15, 0.2) is 0 Å². The molecule has 0 saturated heterocycles. The number of hydrogen-bond donors (Lipinski definition) is 2. The number of rotatable bonds is 6. The largest absolute Gasteiger partial charge is 0.354 e. The molecule has 0 atom stereocenters. The van der Waals surface area contributed by atoms with Gasteiger partial charge in [0.2, 0.25) is 0 Å². The van der Waals surface area contributed by atoms with E-state index in [-0.39, 0.29) is 5.91 Å². The van der Waals surface area contributed by atoms with E-state index in [1.54, 1.807) is 12.4 Å². The Kier molecular flexibility index (Phi) is 6.05. The third kappa shape index (κ3) is 4.72. The Labute approximate surface area is 155 Å². The Bertz CT molecular complexity index is 811. The number of pyridine rings is 1. The van der Waals surface area contributed by atoms with E-state index in [4.69, 9.17) is 0 Å². The van der Waals surface area contributed by atoms with Crippen LogP contribution in [0.4, 0.5) is 11.4 Å². The molecule has 0 saturated carbocycles. The summed E-state index contributed by atoms with van der Waals surface area (Å²) in [6.07, 6.45) is 11.5. The van der Waals surface area contributed by atoms with Crippen LogP contribution < -0.4 is 10.6 Å². The first kappa shape index (κ1) is 18.2. The fourth-order valence-corrected chi connectivity index (χ4v) is 3.24. The second kappa shape index (κ2) is 8.65. The highest BCUT2D eigenvalue weighted by Crippen LogP contribution is 2.23. The fourth-order valence-electron chi connectivity index (χ4n) is 3.24. The smallest absolute Gasteiger partial charge is 0.252 e. The number of nitrogens with zero attached hydrogens (tertiary/aromatic N) is 1. The van der Waals surface area contributed by atoms with Crippen molar-refractivity contribution < 1.29 is 4.79 Å². The molecule has 0 aliphatic heterocycles. The highest BCUT2D eigenvalue weighted by Gasteiger charge is 2.09. The van der Waals surface area contributed by atoms with Crippen molar-refractivity contribution in [3.05, 3.63) is 65.0 Å². The van der Waals surface area contributed by atoms with Gasteiger partial charge in [-0.15, -0.1) is 0 Å². The first-order valence-electron chi connectivity index (χ1n) is 9.38. The van der Waals surface area contributed by atoms with Crippen LogP contribution in [0.25, 0.3) is 0 Å². The summed E-state index contributed by atoms with van der Waals surface area (Å²) in [5, 5.41) is 6.37. The second-order valence-corrected chi connectivity index (χ2v) is 6.95. The summed E-state index contributed by atoms with van der Waals surface area (Å²) in [5.74, 6) is -0.0708. The van der Waals surface area contributed by atoms with Gasteiger partial charge >= 0.3 is 0 Å². The number of hydrogen-bond acceptors (Lipinski definition) is 3. The predicted octanol–water partition coefficient (Wildman–Crippen LogP) is 5.06. The maximum absolute atomic E-state index is 12.4. The van der Waals surface area contributed by atoms with Crippen molar-refractivity contribution in [2.45, 2.75) is 46.0 Å². The fraction of sp³-hybridized carbons (Fsp3) is 0.364. The number of carbonyl (C=O) groups is 1. The number of benzene rings is 1. The summed E-state index contributed by atoms with van der Waals surface area (Å²) in [7, 11) is 0. The third-order valence-electron chi connectivity index (χ3n) is 5.00. The Morgan fingerprint density at radius 3 is 2.88 bits per heavy atom. The average Bonchev–Trinajstić information content (AvgIpc) is 2.66. The number of nitrogens with one attached hydrogen (secondary N) is 2. The van der Waals surface area contributed by atoms with Crippen LogP contribution in [0.2, 0.25) is 0 Å². The minimum atomic E-state index is -0.0708. The zero-order chi connectivity index (χ0) is 18.4. The van der Waals surface area contributed by atoms with E-state index in [2.05, 4.69) is 41.6 Å². The molecule has 4 heteroatoms. The van der Waals surface area contributed by atoms with Gasteiger partial charge in [0.05, 0.1) is 17.4 Å². The molecule has 4 nitrogen and oxygen atoms in total. The van der Waals surface area contributed by atoms with E-state index in [0.29, 0.717) is 12.1 Å². The predicted molar refractivity (Wildman–Crippen MR) is 107 cm³/mol. The number of aryl methyl sites for hydroxylation is 1. The molecular weight excluding hydrogens is 322 g/mol. The molecule has 0 unspecified atom stereocenters. The molecule has 1 heterocycles. The summed E-state index contributed by atoms with van der Waals surface area (Å²) in [6, 6.07) is 8.00. The summed E-state index contributed by atoms with van der Waals surface area (Å²) >= 11 is 0. The normalized spacial score (nSPS) is 13.8. The summed E-state index contributed by atoms with van der Waals surface area (Å²) in [5.41, 5.74) is 6.34. The van der Waals surface area contributed by atoms with Gasteiger partial charge in [-0.1, -0.05) is 23.8 Å². The van der Waals surface area contributed by atoms with Crippen molar-refractivity contribution in [2.24, 2.45) is 0 Å². The number of amides is 1. The number of aromatic nitrogens is 1. The molecule has 3 rings (SSSR count). The van der Waals surface area contributed by atoms with E-state index < -0.39 is 0 Å². The van der Waals surface area contributed by atoms with Gasteiger partial charge in [-0.3, -0.25) is 9.78 Å². The maximum Gasteiger partial charge on any atom is 0.252 e. The topological polar surface area (TPSA) is 54.0 Å². The second-order valence-electron chi connectivity index (χ2n) is 6.95. The Morgan fingerprint density at radius 1 is 1.19 bits per heavy atom. The van der Waals surface area contributed by atoms with Crippen LogP contribution in [0, 0.1) is 13.8 Å². The molecule has 1 amide bonds. The van der Waals surface area contributed by atoms with Crippen molar-refractivity contribution >= 4 is 17.3 Å². The van der Waals surface area contributed by atoms with Crippen LogP contribution in [-0.4, -0.2) is 17.4 Å². The minimum Gasteiger partial charge on any atom is -0.354 e. The molecule has 2 N–H and O–H groups in total. The van der Waals surface area contributed by atoms with E-state index in [1.807, 2.05) is 18.2 Å². The van der Waals surface area contributed by atoms with Crippen LogP contribution >= 0.6 is 0 Å². The average molecular weight is 349 g/mol. The first-order valence-corrected chi connectivity index (χ1v) is 9.38. The zero-order valence-electron chi connectivity index (χ0n) is 15.6. The maximum atomic E-state index is 12.4. The third-order valence-corrected chi connectivity index (χ3v) is 5.00. The van der Waals surface area contributed by atoms with Gasteiger partial charge in [0.1, 0.15) is 0 Å². The first-order chi connectivity index (χ1) is 12.6. The summed E-state index contributed by atoms with van der Waals surface area (Å²) in [6.45, 7) is 4.85. The zero-order valence-corrected chi connectivity index (χ0v) is 15.6. The molecule has 1 aromatic carbocycles. The summed E-state index contributed by atoms with van der Waals surface area (Å²) < 4.78 is 0. The molecular formula is C22H27N3O. The molecule has 0 fully saturated rings. The van der Waals surface area contributed by atoms with Crippen molar-refractivity contribution in [3.63, 3.8) is 0 Å². The number of allylic oxidation sites excluding steroid dienone is 1. The Hall–Kier alpha value is -2.62. The van der Waals surface area contributed by atoms with Crippen LogP contribution in [-0.2, 0) is 0 Å². The van der Waals surface area contributed by atoms with Gasteiger partial charge in [-0.05, 0) is 69.2 Å². The van der Waals surface area contributed by atoms with Gasteiger partial charge in [0, 0.05) is 18.4 Å². The molecule has 2 aromatic rings. The van der Waals surface area contributed by atoms with E-state index in [9.17, 15) is 4.79 Å². The van der Waals surface area contributed by atoms with Gasteiger partial charge in [-0.2, -0.15) is 0 Å². The lowest BCUT2D eigenvalue weighted by molar-refractivity contribution is 0.0953. The van der Waals surface area contributed by atoms with Crippen LogP contribution in [0.3, 0.4) is 0 Å². The van der Waals surface area contributed by atoms with Crippen molar-refractivity contribution in [2.75, 3.05) is 11.9 Å². The molecule has 136 valence electrons.